The van der Waals surface area contributed by atoms with E-state index in [2.05, 4.69) is 25.2 Å². The maximum absolute atomic E-state index is 14.9. The Kier molecular flexibility index (Phi) is 6.72. The van der Waals surface area contributed by atoms with Crippen molar-refractivity contribution < 1.29 is 9.13 Å². The molecule has 4 aromatic rings. The fourth-order valence-corrected chi connectivity index (χ4v) is 5.12. The lowest BCUT2D eigenvalue weighted by atomic mass is 10.1. The smallest absolute Gasteiger partial charge is 0.152 e. The van der Waals surface area contributed by atoms with Crippen LogP contribution in [-0.4, -0.2) is 49.5 Å². The van der Waals surface area contributed by atoms with Crippen LogP contribution < -0.4 is 4.74 Å². The highest BCUT2D eigenvalue weighted by Gasteiger charge is 2.19. The zero-order valence-electron chi connectivity index (χ0n) is 18.8. The number of nitrogens with one attached hydrogen (secondary N) is 1. The first kappa shape index (κ1) is 23.1. The maximum atomic E-state index is 14.9. The minimum Gasteiger partial charge on any atom is -0.486 e. The van der Waals surface area contributed by atoms with Gasteiger partial charge in [-0.25, -0.2) is 4.39 Å². The number of piperidine rings is 1. The summed E-state index contributed by atoms with van der Waals surface area (Å²) in [5.74, 6) is -0.107. The lowest BCUT2D eigenvalue weighted by molar-refractivity contribution is 0.218. The first-order chi connectivity index (χ1) is 16.5. The van der Waals surface area contributed by atoms with Crippen LogP contribution in [0.3, 0.4) is 0 Å². The number of benzene rings is 1. The first-order valence-electron chi connectivity index (χ1n) is 11.4. The Morgan fingerprint density at radius 2 is 1.85 bits per heavy atom. The third kappa shape index (κ3) is 4.76. The number of ether oxygens (including phenoxy) is 1. The molecule has 0 amide bonds. The third-order valence-corrected chi connectivity index (χ3v) is 6.81. The molecule has 1 atom stereocenters. The van der Waals surface area contributed by atoms with Crippen molar-refractivity contribution in [2.45, 2.75) is 38.8 Å². The van der Waals surface area contributed by atoms with Crippen molar-refractivity contribution in [1.29, 1.82) is 0 Å². The predicted octanol–water partition coefficient (Wildman–Crippen LogP) is 5.89. The van der Waals surface area contributed by atoms with Gasteiger partial charge in [-0.15, -0.1) is 0 Å². The minimum atomic E-state index is -0.507. The van der Waals surface area contributed by atoms with Crippen molar-refractivity contribution in [3.63, 3.8) is 0 Å². The predicted molar refractivity (Wildman–Crippen MR) is 131 cm³/mol. The number of fused-ring (bicyclic) bond motifs is 1. The summed E-state index contributed by atoms with van der Waals surface area (Å²) in [5, 5.41) is 13.1. The van der Waals surface area contributed by atoms with E-state index in [-0.39, 0.29) is 0 Å². The monoisotopic (exact) mass is 502 g/mol. The number of rotatable bonds is 7. The molecule has 0 aliphatic carbocycles. The molecule has 0 saturated carbocycles. The van der Waals surface area contributed by atoms with E-state index >= 15 is 0 Å². The summed E-state index contributed by atoms with van der Waals surface area (Å²) >= 11 is 12.5. The number of H-pyrrole nitrogens is 1. The summed E-state index contributed by atoms with van der Waals surface area (Å²) in [6.07, 6.45) is 10.1. The molecular weight excluding hydrogens is 478 g/mol. The number of nitrogens with zero attached hydrogens (tertiary/aromatic N) is 5. The van der Waals surface area contributed by atoms with Crippen LogP contribution in [0.5, 0.6) is 5.75 Å². The Morgan fingerprint density at radius 3 is 2.62 bits per heavy atom. The maximum Gasteiger partial charge on any atom is 0.152 e. The number of aromatic amines is 1. The van der Waals surface area contributed by atoms with Gasteiger partial charge in [-0.05, 0) is 38.9 Å². The van der Waals surface area contributed by atoms with E-state index < -0.39 is 11.9 Å². The van der Waals surface area contributed by atoms with Gasteiger partial charge in [0.05, 0.1) is 22.8 Å². The summed E-state index contributed by atoms with van der Waals surface area (Å²) in [5.41, 5.74) is 2.35. The van der Waals surface area contributed by atoms with Gasteiger partial charge in [0.25, 0.3) is 0 Å². The molecule has 1 aliphatic rings. The third-order valence-electron chi connectivity index (χ3n) is 6.21. The molecule has 178 valence electrons. The van der Waals surface area contributed by atoms with Gasteiger partial charge in [-0.1, -0.05) is 29.6 Å². The summed E-state index contributed by atoms with van der Waals surface area (Å²) in [4.78, 5) is 6.43. The lowest BCUT2D eigenvalue weighted by Crippen LogP contribution is -2.32. The van der Waals surface area contributed by atoms with E-state index in [0.717, 1.165) is 31.7 Å². The Labute approximate surface area is 206 Å². The second kappa shape index (κ2) is 9.90. The Morgan fingerprint density at radius 1 is 1.09 bits per heavy atom. The van der Waals surface area contributed by atoms with E-state index in [0.29, 0.717) is 38.0 Å². The average molecular weight is 503 g/mol. The molecule has 0 bridgehead atoms. The molecule has 1 N–H and O–H groups in total. The summed E-state index contributed by atoms with van der Waals surface area (Å²) in [6.45, 7) is 5.87. The molecule has 1 aliphatic heterocycles. The number of halogens is 3. The van der Waals surface area contributed by atoms with Crippen molar-refractivity contribution in [3.05, 3.63) is 58.3 Å². The van der Waals surface area contributed by atoms with E-state index in [1.165, 1.54) is 37.7 Å². The van der Waals surface area contributed by atoms with Gasteiger partial charge < -0.3 is 9.64 Å². The first-order valence-corrected chi connectivity index (χ1v) is 12.1. The molecule has 7 nitrogen and oxygen atoms in total. The Balaban J connectivity index is 1.38. The standard InChI is InChI=1S/C24H25Cl2FN6O/c1-15(22-19(25)12-28-13-20(22)26)34-17-9-18-23(30-31-24(18)21(27)10-17)16-11-29-33(14-16)8-7-32-5-3-2-4-6-32/h9-15H,2-8H2,1H3,(H,30,31)/t15-/m1/s1. The van der Waals surface area contributed by atoms with Gasteiger partial charge in [0.15, 0.2) is 5.82 Å². The van der Waals surface area contributed by atoms with Gasteiger partial charge >= 0.3 is 0 Å². The quantitative estimate of drug-likeness (QED) is 0.340. The van der Waals surface area contributed by atoms with Gasteiger partial charge in [0.2, 0.25) is 0 Å². The molecular formula is C24H25Cl2FN6O. The van der Waals surface area contributed by atoms with Crippen LogP contribution in [0.1, 0.15) is 37.9 Å². The molecule has 10 heteroatoms. The molecule has 1 fully saturated rings. The highest BCUT2D eigenvalue weighted by molar-refractivity contribution is 6.35. The number of hydrogen-bond acceptors (Lipinski definition) is 5. The molecule has 0 radical (unpaired) electrons. The molecule has 34 heavy (non-hydrogen) atoms. The number of pyridine rings is 1. The Bertz CT molecular complexity index is 1280. The highest BCUT2D eigenvalue weighted by Crippen LogP contribution is 2.35. The zero-order valence-corrected chi connectivity index (χ0v) is 20.3. The molecule has 3 aromatic heterocycles. The van der Waals surface area contributed by atoms with Crippen molar-refractivity contribution >= 4 is 34.1 Å². The van der Waals surface area contributed by atoms with Gasteiger partial charge in [0, 0.05) is 47.7 Å². The van der Waals surface area contributed by atoms with Crippen molar-refractivity contribution in [1.82, 2.24) is 29.9 Å². The summed E-state index contributed by atoms with van der Waals surface area (Å²) < 4.78 is 22.8. The number of hydrogen-bond donors (Lipinski definition) is 1. The molecule has 5 rings (SSSR count). The van der Waals surface area contributed by atoms with Crippen LogP contribution in [0, 0.1) is 5.82 Å². The molecule has 1 aromatic carbocycles. The van der Waals surface area contributed by atoms with Crippen molar-refractivity contribution in [3.8, 4) is 17.0 Å². The molecule has 1 saturated heterocycles. The van der Waals surface area contributed by atoms with Crippen LogP contribution in [-0.2, 0) is 6.54 Å². The summed E-state index contributed by atoms with van der Waals surface area (Å²) in [7, 11) is 0. The number of aromatic nitrogens is 5. The largest absolute Gasteiger partial charge is 0.486 e. The van der Waals surface area contributed by atoms with E-state index in [9.17, 15) is 4.39 Å². The van der Waals surface area contributed by atoms with Crippen LogP contribution >= 0.6 is 23.2 Å². The topological polar surface area (TPSA) is 71.9 Å². The van der Waals surface area contributed by atoms with E-state index in [1.807, 2.05) is 10.9 Å². The molecule has 0 unspecified atom stereocenters. The zero-order chi connectivity index (χ0) is 23.7. The van der Waals surface area contributed by atoms with E-state index in [1.54, 1.807) is 19.2 Å². The number of likely N-dealkylation sites (tertiary alicyclic amines) is 1. The Hall–Kier alpha value is -2.68. The molecule has 0 spiro atoms. The fourth-order valence-electron chi connectivity index (χ4n) is 4.45. The fraction of sp³-hybridized carbons (Fsp3) is 0.375. The summed E-state index contributed by atoms with van der Waals surface area (Å²) in [6, 6.07) is 3.09. The van der Waals surface area contributed by atoms with Crippen LogP contribution in [0.2, 0.25) is 10.0 Å². The van der Waals surface area contributed by atoms with Gasteiger partial charge in [0.1, 0.15) is 23.1 Å². The van der Waals surface area contributed by atoms with Crippen LogP contribution in [0.15, 0.2) is 36.9 Å². The minimum absolute atomic E-state index is 0.316. The van der Waals surface area contributed by atoms with Gasteiger partial charge in [-0.3, -0.25) is 14.8 Å². The lowest BCUT2D eigenvalue weighted by Gasteiger charge is -2.26. The van der Waals surface area contributed by atoms with Crippen LogP contribution in [0.25, 0.3) is 22.2 Å². The molecule has 4 heterocycles. The second-order valence-corrected chi connectivity index (χ2v) is 9.39. The van der Waals surface area contributed by atoms with Gasteiger partial charge in [-0.2, -0.15) is 10.2 Å². The van der Waals surface area contributed by atoms with Crippen LogP contribution in [0.4, 0.5) is 4.39 Å². The van der Waals surface area contributed by atoms with E-state index in [4.69, 9.17) is 27.9 Å². The van der Waals surface area contributed by atoms with Crippen molar-refractivity contribution in [2.75, 3.05) is 19.6 Å². The average Bonchev–Trinajstić information content (AvgIpc) is 3.45. The van der Waals surface area contributed by atoms with Crippen molar-refractivity contribution in [2.24, 2.45) is 0 Å². The second-order valence-electron chi connectivity index (χ2n) is 8.57. The highest BCUT2D eigenvalue weighted by atomic mass is 35.5. The normalized spacial score (nSPS) is 15.6. The SMILES string of the molecule is C[C@@H](Oc1cc(F)c2[nH]nc(-c3cnn(CCN4CCCCC4)c3)c2c1)c1c(Cl)cncc1Cl.